The average molecular weight is 381 g/mol. The summed E-state index contributed by atoms with van der Waals surface area (Å²) < 4.78 is 33.7. The van der Waals surface area contributed by atoms with E-state index in [1.165, 1.54) is 0 Å². The summed E-state index contributed by atoms with van der Waals surface area (Å²) in [6.45, 7) is 4.20. The summed E-state index contributed by atoms with van der Waals surface area (Å²) in [5.74, 6) is -1.80. The number of aromatic nitrogens is 1. The summed E-state index contributed by atoms with van der Waals surface area (Å²) in [4.78, 5) is 14.9. The molecule has 4 nitrogen and oxygen atoms in total. The first-order chi connectivity index (χ1) is 12.4. The van der Waals surface area contributed by atoms with Crippen molar-refractivity contribution in [2.45, 2.75) is 38.3 Å². The molecule has 26 heavy (non-hydrogen) atoms. The predicted octanol–water partition coefficient (Wildman–Crippen LogP) is 4.70. The lowest BCUT2D eigenvalue weighted by Gasteiger charge is -2.12. The van der Waals surface area contributed by atoms with Crippen LogP contribution in [0.4, 0.5) is 8.78 Å². The SMILES string of the molecule is CC(C)CSc1ncccc1COc1c(F)cc(CCC(=O)O)cc1F. The molecule has 0 saturated carbocycles. The smallest absolute Gasteiger partial charge is 0.303 e. The number of ether oxygens (including phenoxy) is 1. The van der Waals surface area contributed by atoms with Crippen molar-refractivity contribution < 1.29 is 23.4 Å². The number of halogens is 2. The molecule has 0 amide bonds. The van der Waals surface area contributed by atoms with Crippen molar-refractivity contribution in [3.63, 3.8) is 0 Å². The van der Waals surface area contributed by atoms with E-state index in [2.05, 4.69) is 18.8 Å². The second-order valence-electron chi connectivity index (χ2n) is 6.24. The Labute approximate surface area is 155 Å². The highest BCUT2D eigenvalue weighted by molar-refractivity contribution is 7.99. The molecule has 0 radical (unpaired) electrons. The number of benzene rings is 1. The quantitative estimate of drug-likeness (QED) is 0.638. The number of hydrogen-bond donors (Lipinski definition) is 1. The van der Waals surface area contributed by atoms with E-state index < -0.39 is 23.4 Å². The van der Waals surface area contributed by atoms with Crippen molar-refractivity contribution in [1.29, 1.82) is 0 Å². The molecule has 0 atom stereocenters. The van der Waals surface area contributed by atoms with Crippen LogP contribution in [0.5, 0.6) is 5.75 Å². The van der Waals surface area contributed by atoms with Gasteiger partial charge in [-0.2, -0.15) is 0 Å². The van der Waals surface area contributed by atoms with E-state index in [1.807, 2.05) is 6.07 Å². The van der Waals surface area contributed by atoms with Gasteiger partial charge in [-0.15, -0.1) is 11.8 Å². The molecule has 0 aliphatic heterocycles. The number of aryl methyl sites for hydroxylation is 1. The molecule has 0 unspecified atom stereocenters. The Morgan fingerprint density at radius 3 is 2.62 bits per heavy atom. The van der Waals surface area contributed by atoms with Crippen LogP contribution in [-0.4, -0.2) is 21.8 Å². The largest absolute Gasteiger partial charge is 0.483 e. The van der Waals surface area contributed by atoms with E-state index >= 15 is 0 Å². The van der Waals surface area contributed by atoms with Crippen LogP contribution in [0.3, 0.4) is 0 Å². The van der Waals surface area contributed by atoms with Gasteiger partial charge in [-0.05, 0) is 36.1 Å². The van der Waals surface area contributed by atoms with Crippen LogP contribution in [0.1, 0.15) is 31.4 Å². The van der Waals surface area contributed by atoms with Gasteiger partial charge < -0.3 is 9.84 Å². The number of aliphatic carboxylic acids is 1. The van der Waals surface area contributed by atoms with Gasteiger partial charge in [0.05, 0.1) is 0 Å². The number of pyridine rings is 1. The van der Waals surface area contributed by atoms with Gasteiger partial charge in [-0.25, -0.2) is 13.8 Å². The molecule has 0 fully saturated rings. The van der Waals surface area contributed by atoms with Crippen LogP contribution in [0.25, 0.3) is 0 Å². The molecule has 140 valence electrons. The first-order valence-corrected chi connectivity index (χ1v) is 9.24. The Balaban J connectivity index is 2.09. The predicted molar refractivity (Wildman–Crippen MR) is 96.4 cm³/mol. The summed E-state index contributed by atoms with van der Waals surface area (Å²) in [5.41, 5.74) is 1.04. The monoisotopic (exact) mass is 381 g/mol. The minimum atomic E-state index is -1.02. The Morgan fingerprint density at radius 1 is 1.31 bits per heavy atom. The topological polar surface area (TPSA) is 59.4 Å². The molecule has 2 aromatic rings. The van der Waals surface area contributed by atoms with Crippen molar-refractivity contribution in [1.82, 2.24) is 4.98 Å². The third kappa shape index (κ3) is 5.98. The van der Waals surface area contributed by atoms with Gasteiger partial charge >= 0.3 is 5.97 Å². The van der Waals surface area contributed by atoms with Gasteiger partial charge in [0.25, 0.3) is 0 Å². The zero-order valence-corrected chi connectivity index (χ0v) is 15.5. The molecule has 0 saturated heterocycles. The number of nitrogens with zero attached hydrogens (tertiary/aromatic N) is 1. The summed E-state index contributed by atoms with van der Waals surface area (Å²) >= 11 is 1.58. The fourth-order valence-electron chi connectivity index (χ4n) is 2.21. The zero-order valence-electron chi connectivity index (χ0n) is 14.7. The lowest BCUT2D eigenvalue weighted by molar-refractivity contribution is -0.136. The van der Waals surface area contributed by atoms with Crippen molar-refractivity contribution >= 4 is 17.7 Å². The minimum Gasteiger partial charge on any atom is -0.483 e. The molecule has 7 heteroatoms. The third-order valence-electron chi connectivity index (χ3n) is 3.46. The molecule has 2 rings (SSSR count). The lowest BCUT2D eigenvalue weighted by Crippen LogP contribution is -2.04. The van der Waals surface area contributed by atoms with Crippen LogP contribution in [0, 0.1) is 17.6 Å². The Kier molecular flexibility index (Phi) is 7.38. The van der Waals surface area contributed by atoms with Gasteiger partial charge in [0.15, 0.2) is 17.4 Å². The standard InChI is InChI=1S/C19H21F2NO3S/c1-12(2)11-26-19-14(4-3-7-22-19)10-25-18-15(20)8-13(9-16(18)21)5-6-17(23)24/h3-4,7-9,12H,5-6,10-11H2,1-2H3,(H,23,24). The van der Waals surface area contributed by atoms with E-state index in [1.54, 1.807) is 24.0 Å². The van der Waals surface area contributed by atoms with Gasteiger partial charge in [0, 0.05) is 23.9 Å². The summed E-state index contributed by atoms with van der Waals surface area (Å²) in [6.07, 6.45) is 1.54. The molecule has 1 heterocycles. The second-order valence-corrected chi connectivity index (χ2v) is 7.25. The normalized spacial score (nSPS) is 11.0. The molecule has 1 N–H and O–H groups in total. The van der Waals surface area contributed by atoms with Crippen LogP contribution >= 0.6 is 11.8 Å². The van der Waals surface area contributed by atoms with E-state index in [0.717, 1.165) is 28.5 Å². The van der Waals surface area contributed by atoms with E-state index in [9.17, 15) is 13.6 Å². The Morgan fingerprint density at radius 2 is 2.00 bits per heavy atom. The van der Waals surface area contributed by atoms with Gasteiger partial charge in [0.2, 0.25) is 0 Å². The third-order valence-corrected chi connectivity index (χ3v) is 4.94. The van der Waals surface area contributed by atoms with Crippen LogP contribution in [0.2, 0.25) is 0 Å². The molecule has 0 aliphatic rings. The average Bonchev–Trinajstić information content (AvgIpc) is 2.58. The molecule has 1 aromatic heterocycles. The van der Waals surface area contributed by atoms with Crippen molar-refractivity contribution in [2.24, 2.45) is 5.92 Å². The molecular formula is C19H21F2NO3S. The first kappa shape index (κ1) is 20.2. The highest BCUT2D eigenvalue weighted by atomic mass is 32.2. The van der Waals surface area contributed by atoms with Gasteiger partial charge in [-0.3, -0.25) is 4.79 Å². The molecular weight excluding hydrogens is 360 g/mol. The number of thioether (sulfide) groups is 1. The maximum Gasteiger partial charge on any atom is 0.303 e. The van der Waals surface area contributed by atoms with E-state index in [0.29, 0.717) is 5.92 Å². The van der Waals surface area contributed by atoms with Crippen LogP contribution < -0.4 is 4.74 Å². The van der Waals surface area contributed by atoms with Crippen molar-refractivity contribution in [3.05, 3.63) is 53.2 Å². The molecule has 0 aliphatic carbocycles. The highest BCUT2D eigenvalue weighted by Crippen LogP contribution is 2.27. The molecule has 0 bridgehead atoms. The number of carboxylic acid groups (broad SMARTS) is 1. The van der Waals surface area contributed by atoms with Crippen molar-refractivity contribution in [2.75, 3.05) is 5.75 Å². The second kappa shape index (κ2) is 9.52. The zero-order chi connectivity index (χ0) is 19.1. The van der Waals surface area contributed by atoms with Gasteiger partial charge in [0.1, 0.15) is 11.6 Å². The van der Waals surface area contributed by atoms with E-state index in [4.69, 9.17) is 9.84 Å². The number of carboxylic acids is 1. The van der Waals surface area contributed by atoms with Crippen LogP contribution in [-0.2, 0) is 17.8 Å². The summed E-state index contributed by atoms with van der Waals surface area (Å²) in [6, 6.07) is 5.78. The maximum atomic E-state index is 14.2. The lowest BCUT2D eigenvalue weighted by atomic mass is 10.1. The first-order valence-electron chi connectivity index (χ1n) is 8.26. The summed E-state index contributed by atoms with van der Waals surface area (Å²) in [5, 5.41) is 9.44. The fourth-order valence-corrected chi connectivity index (χ4v) is 3.14. The molecule has 0 spiro atoms. The fraction of sp³-hybridized carbons (Fsp3) is 0.368. The Bertz CT molecular complexity index is 745. The number of carbonyl (C=O) groups is 1. The van der Waals surface area contributed by atoms with Gasteiger partial charge in [-0.1, -0.05) is 19.9 Å². The number of hydrogen-bond acceptors (Lipinski definition) is 4. The molecule has 1 aromatic carbocycles. The summed E-state index contributed by atoms with van der Waals surface area (Å²) in [7, 11) is 0. The Hall–Kier alpha value is -2.15. The van der Waals surface area contributed by atoms with E-state index in [-0.39, 0.29) is 25.0 Å². The highest BCUT2D eigenvalue weighted by Gasteiger charge is 2.15. The maximum absolute atomic E-state index is 14.2. The van der Waals surface area contributed by atoms with Crippen LogP contribution in [0.15, 0.2) is 35.5 Å². The van der Waals surface area contributed by atoms with Crippen molar-refractivity contribution in [3.8, 4) is 5.75 Å². The number of rotatable bonds is 9. The minimum absolute atomic E-state index is 0.00339.